The second-order valence-electron chi connectivity index (χ2n) is 3.01. The molecule has 0 bridgehead atoms. The van der Waals surface area contributed by atoms with Crippen molar-refractivity contribution < 1.29 is 19.0 Å². The first kappa shape index (κ1) is 12.6. The van der Waals surface area contributed by atoms with E-state index in [0.717, 1.165) is 0 Å². The van der Waals surface area contributed by atoms with Crippen LogP contribution >= 0.6 is 0 Å². The minimum atomic E-state index is -1.06. The Morgan fingerprint density at radius 2 is 2.00 bits per heavy atom. The van der Waals surface area contributed by atoms with Gasteiger partial charge in [0.25, 0.3) is 0 Å². The van der Waals surface area contributed by atoms with Crippen LogP contribution in [0, 0.1) is 11.6 Å². The topological polar surface area (TPSA) is 103 Å². The Morgan fingerprint density at radius 1 is 1.38 bits per heavy atom. The summed E-state index contributed by atoms with van der Waals surface area (Å²) in [5, 5.41) is 20.0. The van der Waals surface area contributed by atoms with E-state index in [-0.39, 0.29) is 18.2 Å². The van der Waals surface area contributed by atoms with Crippen LogP contribution in [-0.2, 0) is 0 Å². The van der Waals surface area contributed by atoms with Crippen molar-refractivity contribution in [1.82, 2.24) is 4.98 Å². The molecule has 1 aromatic rings. The summed E-state index contributed by atoms with van der Waals surface area (Å²) in [6.45, 7) is -0.589. The smallest absolute Gasteiger partial charge is 0.178 e. The molecule has 1 heterocycles. The summed E-state index contributed by atoms with van der Waals surface area (Å²) in [5.41, 5.74) is 1.96. The van der Waals surface area contributed by atoms with Gasteiger partial charge in [-0.1, -0.05) is 0 Å². The molecule has 1 rings (SSSR count). The average Bonchev–Trinajstić information content (AvgIpc) is 2.27. The van der Waals surface area contributed by atoms with E-state index in [0.29, 0.717) is 6.07 Å². The largest absolute Gasteiger partial charge is 0.394 e. The molecule has 1 atom stereocenters. The highest BCUT2D eigenvalue weighted by Gasteiger charge is 2.11. The van der Waals surface area contributed by atoms with Gasteiger partial charge in [0.05, 0.1) is 12.7 Å². The zero-order valence-electron chi connectivity index (χ0n) is 8.24. The molecule has 0 saturated carbocycles. The number of aliphatic hydroxyl groups excluding tert-OH is 2. The fourth-order valence-corrected chi connectivity index (χ4v) is 0.971. The van der Waals surface area contributed by atoms with Crippen LogP contribution in [0.2, 0.25) is 0 Å². The van der Waals surface area contributed by atoms with Gasteiger partial charge in [-0.3, -0.25) is 0 Å². The Kier molecular flexibility index (Phi) is 4.35. The highest BCUT2D eigenvalue weighted by Crippen LogP contribution is 2.17. The van der Waals surface area contributed by atoms with Crippen molar-refractivity contribution in [2.45, 2.75) is 6.10 Å². The minimum absolute atomic E-state index is 0.115. The highest BCUT2D eigenvalue weighted by molar-refractivity contribution is 5.46. The molecule has 90 valence electrons. The van der Waals surface area contributed by atoms with E-state index in [1.165, 1.54) is 0 Å². The third-order valence-electron chi connectivity index (χ3n) is 1.78. The molecular weight excluding hydrogens is 222 g/mol. The lowest BCUT2D eigenvalue weighted by atomic mass is 10.3. The van der Waals surface area contributed by atoms with E-state index in [4.69, 9.17) is 16.1 Å². The standard InChI is InChI=1S/C8H12F2N4O2/c9-5-1-6(10)8(14-11)13-7(5)12-2-4(16)3-15/h1,4,15-16H,2-3,11H2,(H2,12,13,14). The number of rotatable bonds is 5. The molecule has 1 aromatic heterocycles. The van der Waals surface area contributed by atoms with Crippen LogP contribution in [0.3, 0.4) is 0 Å². The second-order valence-corrected chi connectivity index (χ2v) is 3.01. The number of nitrogens with one attached hydrogen (secondary N) is 2. The van der Waals surface area contributed by atoms with E-state index >= 15 is 0 Å². The number of hydrogen-bond acceptors (Lipinski definition) is 6. The number of hydrogen-bond donors (Lipinski definition) is 5. The maximum atomic E-state index is 13.1. The lowest BCUT2D eigenvalue weighted by Gasteiger charge is -2.11. The molecule has 0 aliphatic heterocycles. The summed E-state index contributed by atoms with van der Waals surface area (Å²) in [5.74, 6) is 2.54. The van der Waals surface area contributed by atoms with Crippen LogP contribution in [0.15, 0.2) is 6.07 Å². The van der Waals surface area contributed by atoms with Gasteiger partial charge >= 0.3 is 0 Å². The predicted octanol–water partition coefficient (Wildman–Crippen LogP) is -0.590. The first-order valence-corrected chi connectivity index (χ1v) is 4.44. The number of hydrazine groups is 1. The van der Waals surface area contributed by atoms with E-state index in [9.17, 15) is 8.78 Å². The Hall–Kier alpha value is -1.51. The summed E-state index contributed by atoms with van der Waals surface area (Å²) in [6.07, 6.45) is -1.06. The Morgan fingerprint density at radius 3 is 2.56 bits per heavy atom. The molecule has 0 aromatic carbocycles. The molecule has 0 aliphatic rings. The van der Waals surface area contributed by atoms with Gasteiger partial charge in [0.2, 0.25) is 0 Å². The van der Waals surface area contributed by atoms with Gasteiger partial charge in [0.1, 0.15) is 0 Å². The molecule has 0 saturated heterocycles. The van der Waals surface area contributed by atoms with Crippen molar-refractivity contribution in [3.05, 3.63) is 17.7 Å². The quantitative estimate of drug-likeness (QED) is 0.344. The lowest BCUT2D eigenvalue weighted by Crippen LogP contribution is -2.24. The molecule has 0 spiro atoms. The van der Waals surface area contributed by atoms with Crippen LogP contribution in [0.5, 0.6) is 0 Å². The number of nitrogen functional groups attached to an aromatic ring is 1. The number of pyridine rings is 1. The summed E-state index contributed by atoms with van der Waals surface area (Å²) in [6, 6.07) is 0.607. The number of aliphatic hydroxyl groups is 2. The maximum absolute atomic E-state index is 13.1. The van der Waals surface area contributed by atoms with Crippen LogP contribution in [0.4, 0.5) is 20.4 Å². The zero-order valence-corrected chi connectivity index (χ0v) is 8.24. The summed E-state index contributed by atoms with van der Waals surface area (Å²) in [7, 11) is 0. The van der Waals surface area contributed by atoms with Gasteiger partial charge in [-0.25, -0.2) is 19.6 Å². The van der Waals surface area contributed by atoms with Gasteiger partial charge in [-0.05, 0) is 0 Å². The monoisotopic (exact) mass is 234 g/mol. The number of halogens is 2. The Bertz CT molecular complexity index is 364. The number of nitrogens with two attached hydrogens (primary N) is 1. The Labute approximate surface area is 90.1 Å². The first-order chi connectivity index (χ1) is 7.58. The van der Waals surface area contributed by atoms with Crippen molar-refractivity contribution in [1.29, 1.82) is 0 Å². The maximum Gasteiger partial charge on any atom is 0.178 e. The lowest BCUT2D eigenvalue weighted by molar-refractivity contribution is 0.105. The molecule has 0 aliphatic carbocycles. The van der Waals surface area contributed by atoms with Gasteiger partial charge in [-0.15, -0.1) is 0 Å². The number of anilines is 2. The molecule has 16 heavy (non-hydrogen) atoms. The highest BCUT2D eigenvalue weighted by atomic mass is 19.1. The molecule has 6 N–H and O–H groups in total. The molecular formula is C8H12F2N4O2. The van der Waals surface area contributed by atoms with Crippen LogP contribution in [0.1, 0.15) is 0 Å². The average molecular weight is 234 g/mol. The van der Waals surface area contributed by atoms with Crippen LogP contribution < -0.4 is 16.6 Å². The fraction of sp³-hybridized carbons (Fsp3) is 0.375. The normalized spacial score (nSPS) is 12.3. The first-order valence-electron chi connectivity index (χ1n) is 4.44. The van der Waals surface area contributed by atoms with E-state index < -0.39 is 24.3 Å². The minimum Gasteiger partial charge on any atom is -0.394 e. The van der Waals surface area contributed by atoms with Gasteiger partial charge in [0, 0.05) is 12.6 Å². The van der Waals surface area contributed by atoms with Gasteiger partial charge < -0.3 is 21.0 Å². The second kappa shape index (κ2) is 5.54. The summed E-state index contributed by atoms with van der Waals surface area (Å²) < 4.78 is 26.1. The van der Waals surface area contributed by atoms with Crippen molar-refractivity contribution in [2.75, 3.05) is 23.9 Å². The molecule has 0 amide bonds. The van der Waals surface area contributed by atoms with E-state index in [2.05, 4.69) is 10.3 Å². The predicted molar refractivity (Wildman–Crippen MR) is 53.5 cm³/mol. The zero-order chi connectivity index (χ0) is 12.1. The van der Waals surface area contributed by atoms with Crippen LogP contribution in [0.25, 0.3) is 0 Å². The summed E-state index contributed by atoms with van der Waals surface area (Å²) in [4.78, 5) is 3.51. The van der Waals surface area contributed by atoms with Crippen molar-refractivity contribution in [2.24, 2.45) is 5.84 Å². The third-order valence-corrected chi connectivity index (χ3v) is 1.78. The van der Waals surface area contributed by atoms with Crippen molar-refractivity contribution >= 4 is 11.6 Å². The Balaban J connectivity index is 2.79. The third kappa shape index (κ3) is 2.99. The molecule has 8 heteroatoms. The summed E-state index contributed by atoms with van der Waals surface area (Å²) >= 11 is 0. The van der Waals surface area contributed by atoms with Gasteiger partial charge in [-0.2, -0.15) is 0 Å². The fourth-order valence-electron chi connectivity index (χ4n) is 0.971. The van der Waals surface area contributed by atoms with E-state index in [1.807, 2.05) is 5.43 Å². The molecule has 6 nitrogen and oxygen atoms in total. The van der Waals surface area contributed by atoms with Crippen molar-refractivity contribution in [3.8, 4) is 0 Å². The molecule has 0 fully saturated rings. The van der Waals surface area contributed by atoms with E-state index in [1.54, 1.807) is 0 Å². The molecule has 0 radical (unpaired) electrons. The SMILES string of the molecule is NNc1nc(NCC(O)CO)c(F)cc1F. The van der Waals surface area contributed by atoms with Crippen LogP contribution in [-0.4, -0.2) is 34.5 Å². The van der Waals surface area contributed by atoms with Crippen molar-refractivity contribution in [3.63, 3.8) is 0 Å². The molecule has 1 unspecified atom stereocenters. The number of aromatic nitrogens is 1. The van der Waals surface area contributed by atoms with Gasteiger partial charge in [0.15, 0.2) is 23.3 Å². The number of nitrogens with zero attached hydrogens (tertiary/aromatic N) is 1.